The lowest BCUT2D eigenvalue weighted by Crippen LogP contribution is -2.49. The molecule has 9 heteroatoms. The summed E-state index contributed by atoms with van der Waals surface area (Å²) >= 11 is 0. The smallest absolute Gasteiger partial charge is 0.245 e. The molecule has 0 spiro atoms. The van der Waals surface area contributed by atoms with Gasteiger partial charge in [-0.25, -0.2) is 13.8 Å². The summed E-state index contributed by atoms with van der Waals surface area (Å²) in [5.41, 5.74) is 2.62. The summed E-state index contributed by atoms with van der Waals surface area (Å²) in [5, 5.41) is 13.2. The molecule has 1 fully saturated rings. The number of rotatable bonds is 7. The van der Waals surface area contributed by atoms with Gasteiger partial charge in [-0.3, -0.25) is 4.79 Å². The summed E-state index contributed by atoms with van der Waals surface area (Å²) in [6, 6.07) is 7.23. The van der Waals surface area contributed by atoms with Gasteiger partial charge in [0.05, 0.1) is 37.5 Å². The number of ether oxygens (including phenoxy) is 1. The minimum Gasteiger partial charge on any atom is -0.494 e. The number of methoxy groups -OCH3 is 1. The standard InChI is InChI=1S/C24H26F2N4O3/c1-15-12-29(14-27-15)21-6-5-19(11-23(21)33-2)28-20-4-3-7-30(24(20)32)22(13-31)16-8-17(25)10-18(26)9-16/h5-6,8-12,14,20,22,28,31H,3-4,7,13H2,1-2H3. The Morgan fingerprint density at radius 2 is 2.00 bits per heavy atom. The highest BCUT2D eigenvalue weighted by Crippen LogP contribution is 2.30. The summed E-state index contributed by atoms with van der Waals surface area (Å²) < 4.78 is 34.8. The first-order chi connectivity index (χ1) is 15.9. The SMILES string of the molecule is COc1cc(NC2CCCN(C(CO)c3cc(F)cc(F)c3)C2=O)ccc1-n1cnc(C)c1. The fraction of sp³-hybridized carbons (Fsp3) is 0.333. The van der Waals surface area contributed by atoms with E-state index in [1.54, 1.807) is 13.4 Å². The number of nitrogens with one attached hydrogen (secondary N) is 1. The summed E-state index contributed by atoms with van der Waals surface area (Å²) in [5.74, 6) is -1.12. The first-order valence-corrected chi connectivity index (χ1v) is 10.7. The van der Waals surface area contributed by atoms with Crippen LogP contribution in [0.1, 0.15) is 30.1 Å². The lowest BCUT2D eigenvalue weighted by Gasteiger charge is -2.38. The van der Waals surface area contributed by atoms with Crippen molar-refractivity contribution in [2.45, 2.75) is 31.8 Å². The van der Waals surface area contributed by atoms with E-state index in [9.17, 15) is 18.7 Å². The Hall–Kier alpha value is -3.46. The van der Waals surface area contributed by atoms with Crippen molar-refractivity contribution in [1.29, 1.82) is 0 Å². The second kappa shape index (κ2) is 9.58. The minimum absolute atomic E-state index is 0.227. The Morgan fingerprint density at radius 1 is 1.24 bits per heavy atom. The quantitative estimate of drug-likeness (QED) is 0.568. The van der Waals surface area contributed by atoms with Gasteiger partial charge in [0.15, 0.2) is 0 Å². The number of hydrogen-bond acceptors (Lipinski definition) is 5. The molecule has 0 aliphatic carbocycles. The van der Waals surface area contributed by atoms with E-state index in [0.29, 0.717) is 30.8 Å². The first kappa shape index (κ1) is 22.7. The number of amides is 1. The molecule has 0 radical (unpaired) electrons. The van der Waals surface area contributed by atoms with Crippen molar-refractivity contribution in [1.82, 2.24) is 14.5 Å². The van der Waals surface area contributed by atoms with E-state index < -0.39 is 30.3 Å². The number of anilines is 1. The number of aliphatic hydroxyl groups excluding tert-OH is 1. The first-order valence-electron chi connectivity index (χ1n) is 10.7. The molecule has 1 saturated heterocycles. The largest absolute Gasteiger partial charge is 0.494 e. The predicted octanol–water partition coefficient (Wildman–Crippen LogP) is 3.60. The predicted molar refractivity (Wildman–Crippen MR) is 119 cm³/mol. The van der Waals surface area contributed by atoms with Crippen LogP contribution in [0.4, 0.5) is 14.5 Å². The number of carbonyl (C=O) groups is 1. The molecule has 1 aliphatic heterocycles. The highest BCUT2D eigenvalue weighted by Gasteiger charge is 2.34. The average molecular weight is 456 g/mol. The Kier molecular flexibility index (Phi) is 6.60. The number of aliphatic hydroxyl groups is 1. The van der Waals surface area contributed by atoms with E-state index in [2.05, 4.69) is 10.3 Å². The Morgan fingerprint density at radius 3 is 2.64 bits per heavy atom. The maximum atomic E-state index is 13.7. The van der Waals surface area contributed by atoms with E-state index in [1.807, 2.05) is 35.9 Å². The van der Waals surface area contributed by atoms with Gasteiger partial charge in [-0.15, -0.1) is 0 Å². The van der Waals surface area contributed by atoms with Gasteiger partial charge in [-0.1, -0.05) is 0 Å². The molecule has 2 heterocycles. The van der Waals surface area contributed by atoms with E-state index in [1.165, 1.54) is 4.90 Å². The molecule has 2 unspecified atom stereocenters. The van der Waals surface area contributed by atoms with Gasteiger partial charge in [0.1, 0.15) is 23.4 Å². The molecule has 1 aromatic heterocycles. The fourth-order valence-corrected chi connectivity index (χ4v) is 4.23. The molecule has 174 valence electrons. The van der Waals surface area contributed by atoms with Gasteiger partial charge >= 0.3 is 0 Å². The van der Waals surface area contributed by atoms with Crippen LogP contribution < -0.4 is 10.1 Å². The van der Waals surface area contributed by atoms with Gasteiger partial charge in [0.2, 0.25) is 5.91 Å². The topological polar surface area (TPSA) is 79.6 Å². The third-order valence-electron chi connectivity index (χ3n) is 5.80. The molecule has 3 aromatic rings. The summed E-state index contributed by atoms with van der Waals surface area (Å²) in [6.45, 7) is 1.86. The molecule has 7 nitrogen and oxygen atoms in total. The number of aryl methyl sites for hydroxylation is 1. The zero-order chi connectivity index (χ0) is 23.5. The second-order valence-electron chi connectivity index (χ2n) is 8.08. The number of aromatic nitrogens is 2. The van der Waals surface area contributed by atoms with E-state index >= 15 is 0 Å². The highest BCUT2D eigenvalue weighted by atomic mass is 19.1. The van der Waals surface area contributed by atoms with Gasteiger partial charge in [-0.05, 0) is 49.6 Å². The van der Waals surface area contributed by atoms with E-state index in [0.717, 1.165) is 29.6 Å². The van der Waals surface area contributed by atoms with Gasteiger partial charge < -0.3 is 24.6 Å². The molecule has 1 amide bonds. The molecule has 2 atom stereocenters. The van der Waals surface area contributed by atoms with Gasteiger partial charge in [0, 0.05) is 30.6 Å². The highest BCUT2D eigenvalue weighted by molar-refractivity contribution is 5.86. The third kappa shape index (κ3) is 4.83. The van der Waals surface area contributed by atoms with Crippen molar-refractivity contribution in [2.75, 3.05) is 25.6 Å². The van der Waals surface area contributed by atoms with E-state index in [-0.39, 0.29) is 11.5 Å². The average Bonchev–Trinajstić information content (AvgIpc) is 3.22. The van der Waals surface area contributed by atoms with Crippen LogP contribution in [0.3, 0.4) is 0 Å². The van der Waals surface area contributed by atoms with Crippen LogP contribution in [0.15, 0.2) is 48.9 Å². The number of carbonyl (C=O) groups excluding carboxylic acids is 1. The van der Waals surface area contributed by atoms with Crippen LogP contribution >= 0.6 is 0 Å². The number of halogens is 2. The van der Waals surface area contributed by atoms with E-state index in [4.69, 9.17) is 4.74 Å². The molecule has 0 saturated carbocycles. The van der Waals surface area contributed by atoms with Crippen molar-refractivity contribution in [3.8, 4) is 11.4 Å². The number of likely N-dealkylation sites (tertiary alicyclic amines) is 1. The summed E-state index contributed by atoms with van der Waals surface area (Å²) in [7, 11) is 1.57. The van der Waals surface area contributed by atoms with Gasteiger partial charge in [0.25, 0.3) is 0 Å². The number of piperidine rings is 1. The third-order valence-corrected chi connectivity index (χ3v) is 5.80. The van der Waals surface area contributed by atoms with Crippen molar-refractivity contribution in [3.63, 3.8) is 0 Å². The lowest BCUT2D eigenvalue weighted by atomic mass is 9.98. The van der Waals surface area contributed by atoms with Crippen LogP contribution in [0.25, 0.3) is 5.69 Å². The maximum Gasteiger partial charge on any atom is 0.245 e. The molecule has 2 aromatic carbocycles. The van der Waals surface area contributed by atoms with Crippen LogP contribution in [0, 0.1) is 18.6 Å². The number of nitrogens with zero attached hydrogens (tertiary/aromatic N) is 3. The van der Waals surface area contributed by atoms with Crippen molar-refractivity contribution in [3.05, 3.63) is 71.8 Å². The van der Waals surface area contributed by atoms with Crippen molar-refractivity contribution >= 4 is 11.6 Å². The summed E-state index contributed by atoms with van der Waals surface area (Å²) in [4.78, 5) is 19.0. The lowest BCUT2D eigenvalue weighted by molar-refractivity contribution is -0.138. The molecular weight excluding hydrogens is 430 g/mol. The van der Waals surface area contributed by atoms with Crippen molar-refractivity contribution < 1.29 is 23.4 Å². The second-order valence-corrected chi connectivity index (χ2v) is 8.08. The molecule has 4 rings (SSSR count). The number of benzene rings is 2. The number of imidazole rings is 1. The van der Waals surface area contributed by atoms with Crippen LogP contribution in [0.5, 0.6) is 5.75 Å². The minimum atomic E-state index is -0.825. The fourth-order valence-electron chi connectivity index (χ4n) is 4.23. The van der Waals surface area contributed by atoms with Crippen LogP contribution in [0.2, 0.25) is 0 Å². The molecular formula is C24H26F2N4O3. The Balaban J connectivity index is 1.54. The zero-order valence-electron chi connectivity index (χ0n) is 18.5. The molecule has 2 N–H and O–H groups in total. The summed E-state index contributed by atoms with van der Waals surface area (Å²) in [6.07, 6.45) is 4.86. The normalized spacial score (nSPS) is 17.2. The Bertz CT molecular complexity index is 1130. The van der Waals surface area contributed by atoms with Gasteiger partial charge in [-0.2, -0.15) is 0 Å². The number of hydrogen-bond donors (Lipinski definition) is 2. The molecule has 0 bridgehead atoms. The monoisotopic (exact) mass is 456 g/mol. The Labute approximate surface area is 190 Å². The maximum absolute atomic E-state index is 13.7. The van der Waals surface area contributed by atoms with Crippen LogP contribution in [-0.2, 0) is 4.79 Å². The molecule has 1 aliphatic rings. The van der Waals surface area contributed by atoms with Crippen molar-refractivity contribution in [2.24, 2.45) is 0 Å². The molecule has 33 heavy (non-hydrogen) atoms. The van der Waals surface area contributed by atoms with Crippen LogP contribution in [-0.4, -0.2) is 51.8 Å². The zero-order valence-corrected chi connectivity index (χ0v) is 18.5.